The summed E-state index contributed by atoms with van der Waals surface area (Å²) >= 11 is 6.06. The number of anilines is 1. The number of hydrogen-bond acceptors (Lipinski definition) is 7. The Hall–Kier alpha value is -3.18. The van der Waals surface area contributed by atoms with E-state index in [1.165, 1.54) is 6.20 Å². The van der Waals surface area contributed by atoms with Crippen molar-refractivity contribution in [2.45, 2.75) is 37.8 Å². The first-order chi connectivity index (χ1) is 15.1. The van der Waals surface area contributed by atoms with Crippen LogP contribution in [0.1, 0.15) is 41.7 Å². The van der Waals surface area contributed by atoms with Gasteiger partial charge in [0.15, 0.2) is 0 Å². The molecule has 1 amide bonds. The largest absolute Gasteiger partial charge is 0.490 e. The zero-order chi connectivity index (χ0) is 21.8. The Kier molecular flexibility index (Phi) is 6.33. The van der Waals surface area contributed by atoms with Gasteiger partial charge in [-0.25, -0.2) is 9.97 Å². The summed E-state index contributed by atoms with van der Waals surface area (Å²) in [6, 6.07) is 7.15. The number of benzene rings is 1. The third-order valence-electron chi connectivity index (χ3n) is 5.67. The number of rotatable bonds is 6. The Balaban J connectivity index is 1.24. The number of amides is 1. The second-order valence-electron chi connectivity index (χ2n) is 7.88. The highest BCUT2D eigenvalue weighted by atomic mass is 35.5. The minimum Gasteiger partial charge on any atom is -0.490 e. The predicted octanol–water partition coefficient (Wildman–Crippen LogP) is 2.76. The van der Waals surface area contributed by atoms with Gasteiger partial charge in [-0.3, -0.25) is 4.79 Å². The van der Waals surface area contributed by atoms with Crippen molar-refractivity contribution in [1.29, 1.82) is 5.26 Å². The Morgan fingerprint density at radius 1 is 1.23 bits per heavy atom. The fourth-order valence-corrected chi connectivity index (χ4v) is 4.04. The van der Waals surface area contributed by atoms with E-state index in [9.17, 15) is 9.59 Å². The van der Waals surface area contributed by atoms with E-state index in [1.54, 1.807) is 24.4 Å². The summed E-state index contributed by atoms with van der Waals surface area (Å²) in [5.41, 5.74) is 0.702. The molecule has 160 valence electrons. The molecular weight excluding hydrogens is 418 g/mol. The zero-order valence-corrected chi connectivity index (χ0v) is 17.6. The summed E-state index contributed by atoms with van der Waals surface area (Å²) in [6.45, 7) is 1.29. The van der Waals surface area contributed by atoms with E-state index in [2.05, 4.69) is 15.3 Å². The van der Waals surface area contributed by atoms with Gasteiger partial charge >= 0.3 is 0 Å². The minimum absolute atomic E-state index is 0.0444. The van der Waals surface area contributed by atoms with Crippen LogP contribution in [0.25, 0.3) is 0 Å². The van der Waals surface area contributed by atoms with E-state index < -0.39 is 0 Å². The first-order valence-corrected chi connectivity index (χ1v) is 10.6. The molecule has 1 aliphatic carbocycles. The van der Waals surface area contributed by atoms with E-state index in [1.807, 2.05) is 11.0 Å². The van der Waals surface area contributed by atoms with E-state index in [0.29, 0.717) is 35.2 Å². The first-order valence-electron chi connectivity index (χ1n) is 10.2. The van der Waals surface area contributed by atoms with E-state index in [-0.39, 0.29) is 29.7 Å². The van der Waals surface area contributed by atoms with Gasteiger partial charge in [0.2, 0.25) is 0 Å². The molecule has 1 aromatic heterocycles. The van der Waals surface area contributed by atoms with Gasteiger partial charge in [0, 0.05) is 31.1 Å². The quantitative estimate of drug-likeness (QED) is 0.689. The van der Waals surface area contributed by atoms with Crippen molar-refractivity contribution in [3.8, 4) is 11.8 Å². The van der Waals surface area contributed by atoms with Crippen molar-refractivity contribution >= 4 is 29.6 Å². The summed E-state index contributed by atoms with van der Waals surface area (Å²) in [6.07, 6.45) is 7.25. The average molecular weight is 440 g/mol. The molecule has 8 nitrogen and oxygen atoms in total. The van der Waals surface area contributed by atoms with Gasteiger partial charge in [-0.15, -0.1) is 0 Å². The lowest BCUT2D eigenvalue weighted by Gasteiger charge is -2.36. The van der Waals surface area contributed by atoms with Gasteiger partial charge in [0.05, 0.1) is 29.1 Å². The number of halogens is 1. The van der Waals surface area contributed by atoms with Crippen LogP contribution >= 0.6 is 11.6 Å². The van der Waals surface area contributed by atoms with Gasteiger partial charge in [-0.2, -0.15) is 5.26 Å². The molecule has 2 aromatic rings. The molecule has 0 unspecified atom stereocenters. The number of nitrogens with zero attached hydrogens (tertiary/aromatic N) is 4. The van der Waals surface area contributed by atoms with Gasteiger partial charge in [0.25, 0.3) is 5.91 Å². The second-order valence-corrected chi connectivity index (χ2v) is 8.29. The fraction of sp³-hybridized carbons (Fsp3) is 0.409. The maximum absolute atomic E-state index is 12.5. The van der Waals surface area contributed by atoms with E-state index in [0.717, 1.165) is 32.0 Å². The number of carbonyl (C=O) groups excluding carboxylic acids is 2. The standard InChI is InChI=1S/C22H22ClN5O3/c23-19-7-18(4-1-15(19)8-24)31-17-5-2-16(3-6-17)27-22(30)20-9-26-21(10-25-20)28-11-14(12-28)13-29/h1,4,7,9-10,13-14,16-17H,2-3,5-6,11-12H2,(H,27,30). The highest BCUT2D eigenvalue weighted by molar-refractivity contribution is 6.31. The molecule has 0 radical (unpaired) electrons. The molecule has 1 aliphatic heterocycles. The smallest absolute Gasteiger partial charge is 0.271 e. The number of aldehydes is 1. The van der Waals surface area contributed by atoms with Crippen molar-refractivity contribution in [2.75, 3.05) is 18.0 Å². The summed E-state index contributed by atoms with van der Waals surface area (Å²) in [5.74, 6) is 1.14. The predicted molar refractivity (Wildman–Crippen MR) is 114 cm³/mol. The van der Waals surface area contributed by atoms with Crippen LogP contribution in [0.4, 0.5) is 5.82 Å². The molecule has 2 aliphatic rings. The van der Waals surface area contributed by atoms with Crippen LogP contribution < -0.4 is 15.0 Å². The average Bonchev–Trinajstić information content (AvgIpc) is 2.75. The number of aromatic nitrogens is 2. The molecule has 9 heteroatoms. The van der Waals surface area contributed by atoms with Crippen molar-refractivity contribution in [3.05, 3.63) is 46.9 Å². The van der Waals surface area contributed by atoms with Gasteiger partial charge < -0.3 is 19.7 Å². The third kappa shape index (κ3) is 4.94. The number of nitrogens with one attached hydrogen (secondary N) is 1. The molecule has 0 spiro atoms. The van der Waals surface area contributed by atoms with Crippen LogP contribution in [0, 0.1) is 17.2 Å². The lowest BCUT2D eigenvalue weighted by molar-refractivity contribution is -0.111. The fourth-order valence-electron chi connectivity index (χ4n) is 3.82. The Bertz CT molecular complexity index is 993. The highest BCUT2D eigenvalue weighted by Crippen LogP contribution is 2.27. The highest BCUT2D eigenvalue weighted by Gasteiger charge is 2.28. The van der Waals surface area contributed by atoms with Crippen molar-refractivity contribution in [2.24, 2.45) is 5.92 Å². The molecule has 4 rings (SSSR count). The van der Waals surface area contributed by atoms with Gasteiger partial charge in [0.1, 0.15) is 29.6 Å². The Morgan fingerprint density at radius 3 is 2.61 bits per heavy atom. The molecule has 31 heavy (non-hydrogen) atoms. The lowest BCUT2D eigenvalue weighted by atomic mass is 9.93. The number of carbonyl (C=O) groups is 2. The number of hydrogen-bond donors (Lipinski definition) is 1. The normalized spacial score (nSPS) is 21.0. The van der Waals surface area contributed by atoms with Crippen LogP contribution in [-0.4, -0.2) is 47.4 Å². The first kappa shape index (κ1) is 21.1. The van der Waals surface area contributed by atoms with Crippen LogP contribution in [0.3, 0.4) is 0 Å². The van der Waals surface area contributed by atoms with Crippen molar-refractivity contribution in [1.82, 2.24) is 15.3 Å². The lowest BCUT2D eigenvalue weighted by Crippen LogP contribution is -2.48. The van der Waals surface area contributed by atoms with Crippen LogP contribution in [-0.2, 0) is 4.79 Å². The monoisotopic (exact) mass is 439 g/mol. The summed E-state index contributed by atoms with van der Waals surface area (Å²) < 4.78 is 5.99. The maximum Gasteiger partial charge on any atom is 0.271 e. The number of ether oxygens (including phenoxy) is 1. The van der Waals surface area contributed by atoms with Crippen LogP contribution in [0.15, 0.2) is 30.6 Å². The molecule has 1 saturated heterocycles. The molecule has 1 saturated carbocycles. The van der Waals surface area contributed by atoms with Crippen molar-refractivity contribution < 1.29 is 14.3 Å². The zero-order valence-electron chi connectivity index (χ0n) is 16.8. The molecule has 0 bridgehead atoms. The van der Waals surface area contributed by atoms with Crippen LogP contribution in [0.5, 0.6) is 5.75 Å². The number of nitriles is 1. The van der Waals surface area contributed by atoms with E-state index in [4.69, 9.17) is 21.6 Å². The molecular formula is C22H22ClN5O3. The summed E-state index contributed by atoms with van der Waals surface area (Å²) in [7, 11) is 0. The summed E-state index contributed by atoms with van der Waals surface area (Å²) in [4.78, 5) is 33.7. The van der Waals surface area contributed by atoms with Crippen LogP contribution in [0.2, 0.25) is 5.02 Å². The SMILES string of the molecule is N#Cc1ccc(OC2CCC(NC(=O)c3cnc(N4CC(C=O)C4)cn3)CC2)cc1Cl. The molecule has 1 aromatic carbocycles. The molecule has 2 fully saturated rings. The maximum atomic E-state index is 12.5. The minimum atomic E-state index is -0.239. The Labute approximate surface area is 185 Å². The Morgan fingerprint density at radius 2 is 2.00 bits per heavy atom. The van der Waals surface area contributed by atoms with Gasteiger partial charge in [-0.1, -0.05) is 11.6 Å². The molecule has 0 atom stereocenters. The third-order valence-corrected chi connectivity index (χ3v) is 5.98. The van der Waals surface area contributed by atoms with E-state index >= 15 is 0 Å². The van der Waals surface area contributed by atoms with Crippen molar-refractivity contribution in [3.63, 3.8) is 0 Å². The topological polar surface area (TPSA) is 108 Å². The molecule has 2 heterocycles. The van der Waals surface area contributed by atoms with Gasteiger partial charge in [-0.05, 0) is 37.8 Å². The molecule has 1 N–H and O–H groups in total. The second kappa shape index (κ2) is 9.31. The summed E-state index contributed by atoms with van der Waals surface area (Å²) in [5, 5.41) is 12.4.